The third-order valence-corrected chi connectivity index (χ3v) is 5.44. The molecule has 1 aliphatic rings. The van der Waals surface area contributed by atoms with Crippen molar-refractivity contribution in [3.05, 3.63) is 95.3 Å². The van der Waals surface area contributed by atoms with Gasteiger partial charge in [0.1, 0.15) is 11.5 Å². The number of carbonyl (C=O) groups excluding carboxylic acids is 3. The molecule has 2 aromatic carbocycles. The Morgan fingerprint density at radius 3 is 2.47 bits per heavy atom. The summed E-state index contributed by atoms with van der Waals surface area (Å²) in [5.74, 6) is -2.02. The average Bonchev–Trinajstić information content (AvgIpc) is 3.14. The predicted molar refractivity (Wildman–Crippen MR) is 124 cm³/mol. The molecule has 0 bridgehead atoms. The number of methoxy groups -OCH3 is 1. The van der Waals surface area contributed by atoms with Gasteiger partial charge in [0.15, 0.2) is 0 Å². The Morgan fingerprint density at radius 2 is 1.76 bits per heavy atom. The van der Waals surface area contributed by atoms with E-state index in [1.165, 1.54) is 30.5 Å². The number of hydrogen-bond donors (Lipinski definition) is 1. The fourth-order valence-electron chi connectivity index (χ4n) is 3.89. The van der Waals surface area contributed by atoms with Crippen LogP contribution in [0.2, 0.25) is 0 Å². The zero-order chi connectivity index (χ0) is 24.2. The van der Waals surface area contributed by atoms with Gasteiger partial charge in [0.2, 0.25) is 0 Å². The minimum Gasteiger partial charge on any atom is -0.507 e. The molecule has 4 rings (SSSR count). The lowest BCUT2D eigenvalue weighted by atomic mass is 9.95. The maximum Gasteiger partial charge on any atom is 0.338 e. The summed E-state index contributed by atoms with van der Waals surface area (Å²) < 4.78 is 10.4. The molecule has 1 unspecified atom stereocenters. The zero-order valence-electron chi connectivity index (χ0n) is 18.6. The Morgan fingerprint density at radius 1 is 1.03 bits per heavy atom. The summed E-state index contributed by atoms with van der Waals surface area (Å²) in [6.45, 7) is 1.89. The van der Waals surface area contributed by atoms with Crippen LogP contribution in [0.4, 0.5) is 5.69 Å². The Bertz CT molecular complexity index is 1290. The van der Waals surface area contributed by atoms with E-state index in [1.807, 2.05) is 0 Å². The van der Waals surface area contributed by atoms with Crippen LogP contribution in [0.25, 0.3) is 5.76 Å². The van der Waals surface area contributed by atoms with Crippen molar-refractivity contribution in [2.45, 2.75) is 13.0 Å². The molecule has 8 nitrogen and oxygen atoms in total. The molecule has 1 aliphatic heterocycles. The second-order valence-electron chi connectivity index (χ2n) is 7.45. The number of nitrogens with zero attached hydrogens (tertiary/aromatic N) is 2. The summed E-state index contributed by atoms with van der Waals surface area (Å²) >= 11 is 0. The summed E-state index contributed by atoms with van der Waals surface area (Å²) in [7, 11) is 1.51. The number of benzene rings is 2. The van der Waals surface area contributed by atoms with Crippen LogP contribution >= 0.6 is 0 Å². The van der Waals surface area contributed by atoms with Crippen molar-refractivity contribution >= 4 is 29.1 Å². The van der Waals surface area contributed by atoms with Crippen LogP contribution in [0.5, 0.6) is 5.75 Å². The third-order valence-electron chi connectivity index (χ3n) is 5.44. The van der Waals surface area contributed by atoms with Crippen molar-refractivity contribution in [2.24, 2.45) is 0 Å². The van der Waals surface area contributed by atoms with Crippen molar-refractivity contribution in [2.75, 3.05) is 18.6 Å². The van der Waals surface area contributed by atoms with Gasteiger partial charge in [0.25, 0.3) is 11.7 Å². The Labute approximate surface area is 196 Å². The van der Waals surface area contributed by atoms with Crippen LogP contribution in [0.1, 0.15) is 34.5 Å². The van der Waals surface area contributed by atoms with E-state index in [2.05, 4.69) is 4.98 Å². The van der Waals surface area contributed by atoms with Gasteiger partial charge in [-0.3, -0.25) is 19.5 Å². The molecular weight excluding hydrogens is 436 g/mol. The third kappa shape index (κ3) is 4.13. The number of hydrogen-bond acceptors (Lipinski definition) is 7. The van der Waals surface area contributed by atoms with Gasteiger partial charge in [-0.25, -0.2) is 4.79 Å². The van der Waals surface area contributed by atoms with Crippen LogP contribution in [0, 0.1) is 0 Å². The molecular formula is C26H22N2O6. The molecule has 8 heteroatoms. The lowest BCUT2D eigenvalue weighted by molar-refractivity contribution is -0.132. The fourth-order valence-corrected chi connectivity index (χ4v) is 3.89. The molecule has 3 aromatic rings. The molecule has 0 aliphatic carbocycles. The summed E-state index contributed by atoms with van der Waals surface area (Å²) in [6, 6.07) is 15.3. The minimum atomic E-state index is -0.958. The number of aromatic nitrogens is 1. The number of aliphatic hydroxyl groups is 1. The standard InChI is InChI=1S/C26H22N2O6/c1-3-34-26(32)18-7-4-8-19(14-18)28-22(17-6-5-9-20(15-17)33-2)21(24(30)25(28)31)23(29)16-10-12-27-13-11-16/h4-15,22,29H,3H2,1-2H3/b23-21+. The van der Waals surface area contributed by atoms with Gasteiger partial charge in [0.05, 0.1) is 30.9 Å². The van der Waals surface area contributed by atoms with Crippen LogP contribution < -0.4 is 9.64 Å². The Kier molecular flexibility index (Phi) is 6.40. The number of Topliss-reactive ketones (excluding diaryl/α,β-unsaturated/α-hetero) is 1. The summed E-state index contributed by atoms with van der Waals surface area (Å²) in [6.07, 6.45) is 2.96. The molecule has 0 spiro atoms. The number of esters is 1. The molecule has 1 fully saturated rings. The van der Waals surface area contributed by atoms with E-state index >= 15 is 0 Å². The summed E-state index contributed by atoms with van der Waals surface area (Å²) in [5, 5.41) is 11.1. The van der Waals surface area contributed by atoms with E-state index in [0.29, 0.717) is 22.6 Å². The Hall–Kier alpha value is -4.46. The van der Waals surface area contributed by atoms with E-state index in [9.17, 15) is 19.5 Å². The molecule has 1 amide bonds. The number of pyridine rings is 1. The van der Waals surface area contributed by atoms with Gasteiger partial charge in [0, 0.05) is 23.6 Å². The maximum absolute atomic E-state index is 13.3. The topological polar surface area (TPSA) is 106 Å². The lowest BCUT2D eigenvalue weighted by Crippen LogP contribution is -2.29. The fraction of sp³-hybridized carbons (Fsp3) is 0.154. The largest absolute Gasteiger partial charge is 0.507 e. The van der Waals surface area contributed by atoms with Crippen molar-refractivity contribution < 1.29 is 29.0 Å². The molecule has 1 atom stereocenters. The van der Waals surface area contributed by atoms with Gasteiger partial charge in [-0.05, 0) is 55.0 Å². The molecule has 1 aromatic heterocycles. The molecule has 1 saturated heterocycles. The van der Waals surface area contributed by atoms with E-state index in [1.54, 1.807) is 61.5 Å². The minimum absolute atomic E-state index is 0.0778. The first kappa shape index (κ1) is 22.7. The van der Waals surface area contributed by atoms with Crippen molar-refractivity contribution in [1.29, 1.82) is 0 Å². The van der Waals surface area contributed by atoms with Gasteiger partial charge in [-0.1, -0.05) is 18.2 Å². The quantitative estimate of drug-likeness (QED) is 0.258. The van der Waals surface area contributed by atoms with Crippen molar-refractivity contribution in [3.8, 4) is 5.75 Å². The Balaban J connectivity index is 1.92. The van der Waals surface area contributed by atoms with Crippen LogP contribution in [0.3, 0.4) is 0 Å². The SMILES string of the molecule is CCOC(=O)c1cccc(N2C(=O)C(=O)/C(=C(/O)c3ccncc3)C2c2cccc(OC)c2)c1. The molecule has 1 N–H and O–H groups in total. The van der Waals surface area contributed by atoms with E-state index in [-0.39, 0.29) is 23.5 Å². The number of anilines is 1. The zero-order valence-corrected chi connectivity index (χ0v) is 18.6. The van der Waals surface area contributed by atoms with E-state index < -0.39 is 23.7 Å². The molecule has 34 heavy (non-hydrogen) atoms. The monoisotopic (exact) mass is 458 g/mol. The summed E-state index contributed by atoms with van der Waals surface area (Å²) in [5.41, 5.74) is 1.37. The number of aliphatic hydroxyl groups excluding tert-OH is 1. The van der Waals surface area contributed by atoms with Crippen LogP contribution in [-0.2, 0) is 14.3 Å². The smallest absolute Gasteiger partial charge is 0.338 e. The molecule has 2 heterocycles. The van der Waals surface area contributed by atoms with Gasteiger partial charge < -0.3 is 14.6 Å². The second kappa shape index (κ2) is 9.58. The molecule has 0 radical (unpaired) electrons. The van der Waals surface area contributed by atoms with E-state index in [4.69, 9.17) is 9.47 Å². The van der Waals surface area contributed by atoms with Gasteiger partial charge in [-0.2, -0.15) is 0 Å². The normalized spacial score (nSPS) is 17.0. The highest BCUT2D eigenvalue weighted by Gasteiger charge is 2.47. The molecule has 172 valence electrons. The lowest BCUT2D eigenvalue weighted by Gasteiger charge is -2.26. The number of amides is 1. The number of ether oxygens (including phenoxy) is 2. The number of rotatable bonds is 6. The van der Waals surface area contributed by atoms with Crippen LogP contribution in [0.15, 0.2) is 78.6 Å². The highest BCUT2D eigenvalue weighted by Crippen LogP contribution is 2.42. The number of carbonyl (C=O) groups is 3. The highest BCUT2D eigenvalue weighted by molar-refractivity contribution is 6.51. The first-order valence-corrected chi connectivity index (χ1v) is 10.6. The van der Waals surface area contributed by atoms with Gasteiger partial charge >= 0.3 is 5.97 Å². The van der Waals surface area contributed by atoms with Crippen molar-refractivity contribution in [3.63, 3.8) is 0 Å². The number of ketones is 1. The predicted octanol–water partition coefficient (Wildman–Crippen LogP) is 3.89. The average molecular weight is 458 g/mol. The summed E-state index contributed by atoms with van der Waals surface area (Å²) in [4.78, 5) is 44.0. The second-order valence-corrected chi connectivity index (χ2v) is 7.45. The highest BCUT2D eigenvalue weighted by atomic mass is 16.5. The van der Waals surface area contributed by atoms with Crippen LogP contribution in [-0.4, -0.2) is 41.5 Å². The molecule has 0 saturated carbocycles. The first-order valence-electron chi connectivity index (χ1n) is 10.6. The maximum atomic E-state index is 13.3. The van der Waals surface area contributed by atoms with Gasteiger partial charge in [-0.15, -0.1) is 0 Å². The first-order chi connectivity index (χ1) is 16.5. The van der Waals surface area contributed by atoms with E-state index in [0.717, 1.165) is 0 Å². The van der Waals surface area contributed by atoms with Crippen molar-refractivity contribution in [1.82, 2.24) is 4.98 Å².